The molecule has 0 unspecified atom stereocenters. The highest BCUT2D eigenvalue weighted by Crippen LogP contribution is 2.19. The van der Waals surface area contributed by atoms with E-state index in [9.17, 15) is 5.11 Å². The summed E-state index contributed by atoms with van der Waals surface area (Å²) >= 11 is 0. The van der Waals surface area contributed by atoms with Gasteiger partial charge < -0.3 is 10.4 Å². The summed E-state index contributed by atoms with van der Waals surface area (Å²) in [7, 11) is 1.90. The van der Waals surface area contributed by atoms with E-state index in [1.165, 1.54) is 0 Å². The Morgan fingerprint density at radius 2 is 1.82 bits per heavy atom. The van der Waals surface area contributed by atoms with Crippen LogP contribution in [0.2, 0.25) is 0 Å². The molecule has 0 fully saturated rings. The SMILES string of the molecule is CN[C@@](C)(CC(C)C)[C@H](C)O. The predicted molar refractivity (Wildman–Crippen MR) is 48.6 cm³/mol. The molecule has 0 aromatic carbocycles. The Labute approximate surface area is 70.0 Å². The Morgan fingerprint density at radius 1 is 1.36 bits per heavy atom. The molecule has 2 nitrogen and oxygen atoms in total. The van der Waals surface area contributed by atoms with Crippen LogP contribution in [0.25, 0.3) is 0 Å². The molecule has 0 aromatic heterocycles. The molecule has 2 N–H and O–H groups in total. The first-order chi connectivity index (χ1) is 4.92. The largest absolute Gasteiger partial charge is 0.392 e. The van der Waals surface area contributed by atoms with Crippen molar-refractivity contribution in [2.45, 2.75) is 45.8 Å². The van der Waals surface area contributed by atoms with Gasteiger partial charge in [0.2, 0.25) is 0 Å². The van der Waals surface area contributed by atoms with Crippen molar-refractivity contribution in [3.63, 3.8) is 0 Å². The van der Waals surface area contributed by atoms with Crippen LogP contribution in [0.5, 0.6) is 0 Å². The summed E-state index contributed by atoms with van der Waals surface area (Å²) in [6, 6.07) is 0. The van der Waals surface area contributed by atoms with E-state index in [4.69, 9.17) is 0 Å². The van der Waals surface area contributed by atoms with Crippen molar-refractivity contribution < 1.29 is 5.11 Å². The maximum absolute atomic E-state index is 9.46. The lowest BCUT2D eigenvalue weighted by atomic mass is 9.86. The molecule has 0 rings (SSSR count). The summed E-state index contributed by atoms with van der Waals surface area (Å²) < 4.78 is 0. The maximum atomic E-state index is 9.46. The highest BCUT2D eigenvalue weighted by Gasteiger charge is 2.28. The van der Waals surface area contributed by atoms with Gasteiger partial charge in [-0.15, -0.1) is 0 Å². The van der Waals surface area contributed by atoms with E-state index >= 15 is 0 Å². The molecule has 11 heavy (non-hydrogen) atoms. The van der Waals surface area contributed by atoms with Crippen molar-refractivity contribution in [1.29, 1.82) is 0 Å². The normalized spacial score (nSPS) is 19.9. The van der Waals surface area contributed by atoms with E-state index in [2.05, 4.69) is 26.1 Å². The van der Waals surface area contributed by atoms with Crippen LogP contribution in [0.1, 0.15) is 34.1 Å². The molecule has 0 radical (unpaired) electrons. The van der Waals surface area contributed by atoms with Gasteiger partial charge >= 0.3 is 0 Å². The molecular formula is C9H21NO. The molecule has 0 spiro atoms. The molecule has 0 heterocycles. The Hall–Kier alpha value is -0.0800. The zero-order valence-corrected chi connectivity index (χ0v) is 8.31. The van der Waals surface area contributed by atoms with Crippen LogP contribution in [0.3, 0.4) is 0 Å². The van der Waals surface area contributed by atoms with Gasteiger partial charge in [0, 0.05) is 5.54 Å². The van der Waals surface area contributed by atoms with E-state index in [0.29, 0.717) is 5.92 Å². The van der Waals surface area contributed by atoms with Crippen molar-refractivity contribution in [3.05, 3.63) is 0 Å². The van der Waals surface area contributed by atoms with Gasteiger partial charge in [0.25, 0.3) is 0 Å². The van der Waals surface area contributed by atoms with Gasteiger partial charge in [0.15, 0.2) is 0 Å². The summed E-state index contributed by atoms with van der Waals surface area (Å²) in [5.41, 5.74) is -0.131. The van der Waals surface area contributed by atoms with Crippen molar-refractivity contribution in [3.8, 4) is 0 Å². The van der Waals surface area contributed by atoms with E-state index in [-0.39, 0.29) is 11.6 Å². The Kier molecular flexibility index (Phi) is 4.04. The molecule has 2 atom stereocenters. The van der Waals surface area contributed by atoms with E-state index in [0.717, 1.165) is 6.42 Å². The maximum Gasteiger partial charge on any atom is 0.0690 e. The molecule has 0 saturated heterocycles. The van der Waals surface area contributed by atoms with E-state index in [1.54, 1.807) is 0 Å². The van der Waals surface area contributed by atoms with Crippen LogP contribution in [-0.2, 0) is 0 Å². The minimum Gasteiger partial charge on any atom is -0.392 e. The molecule has 0 aliphatic heterocycles. The topological polar surface area (TPSA) is 32.3 Å². The molecule has 0 aliphatic rings. The van der Waals surface area contributed by atoms with Crippen molar-refractivity contribution in [1.82, 2.24) is 5.32 Å². The standard InChI is InChI=1S/C9H21NO/c1-7(2)6-9(4,10-5)8(3)11/h7-8,10-11H,6H2,1-5H3/t8-,9-/m0/s1. The van der Waals surface area contributed by atoms with Gasteiger partial charge in [-0.25, -0.2) is 0 Å². The average Bonchev–Trinajstić information content (AvgIpc) is 1.86. The van der Waals surface area contributed by atoms with E-state index in [1.807, 2.05) is 14.0 Å². The zero-order valence-electron chi connectivity index (χ0n) is 8.31. The number of likely N-dealkylation sites (N-methyl/N-ethyl adjacent to an activating group) is 1. The summed E-state index contributed by atoms with van der Waals surface area (Å²) in [5.74, 6) is 0.613. The van der Waals surface area contributed by atoms with Crippen molar-refractivity contribution in [2.75, 3.05) is 7.05 Å². The van der Waals surface area contributed by atoms with Gasteiger partial charge in [-0.1, -0.05) is 13.8 Å². The summed E-state index contributed by atoms with van der Waals surface area (Å²) in [4.78, 5) is 0. The third-order valence-electron chi connectivity index (χ3n) is 2.33. The molecule has 0 aromatic rings. The third kappa shape index (κ3) is 3.21. The second kappa shape index (κ2) is 4.07. The smallest absolute Gasteiger partial charge is 0.0690 e. The first kappa shape index (κ1) is 10.9. The molecule has 0 bridgehead atoms. The van der Waals surface area contributed by atoms with Gasteiger partial charge in [0.1, 0.15) is 0 Å². The number of aliphatic hydroxyl groups excluding tert-OH is 1. The minimum atomic E-state index is -0.296. The Balaban J connectivity index is 4.10. The predicted octanol–water partition coefficient (Wildman–Crippen LogP) is 1.39. The fraction of sp³-hybridized carbons (Fsp3) is 1.00. The summed E-state index contributed by atoms with van der Waals surface area (Å²) in [6.45, 7) is 8.21. The summed E-state index contributed by atoms with van der Waals surface area (Å²) in [6.07, 6.45) is 0.705. The van der Waals surface area contributed by atoms with Gasteiger partial charge in [0.05, 0.1) is 6.10 Å². The molecule has 0 aliphatic carbocycles. The van der Waals surface area contributed by atoms with Gasteiger partial charge in [-0.3, -0.25) is 0 Å². The van der Waals surface area contributed by atoms with Crippen LogP contribution in [-0.4, -0.2) is 23.8 Å². The molecule has 0 saturated carbocycles. The van der Waals surface area contributed by atoms with Crippen LogP contribution in [0, 0.1) is 5.92 Å². The van der Waals surface area contributed by atoms with Gasteiger partial charge in [-0.05, 0) is 33.2 Å². The van der Waals surface area contributed by atoms with Crippen LogP contribution in [0.15, 0.2) is 0 Å². The first-order valence-electron chi connectivity index (χ1n) is 4.29. The second-order valence-electron chi connectivity index (χ2n) is 3.94. The Bertz CT molecular complexity index is 112. The first-order valence-corrected chi connectivity index (χ1v) is 4.29. The fourth-order valence-electron chi connectivity index (χ4n) is 1.33. The van der Waals surface area contributed by atoms with Crippen molar-refractivity contribution in [2.24, 2.45) is 5.92 Å². The number of aliphatic hydroxyl groups is 1. The second-order valence-corrected chi connectivity index (χ2v) is 3.94. The third-order valence-corrected chi connectivity index (χ3v) is 2.33. The lowest BCUT2D eigenvalue weighted by Crippen LogP contribution is -2.49. The quantitative estimate of drug-likeness (QED) is 0.649. The highest BCUT2D eigenvalue weighted by atomic mass is 16.3. The van der Waals surface area contributed by atoms with Gasteiger partial charge in [-0.2, -0.15) is 0 Å². The Morgan fingerprint density at radius 3 is 1.91 bits per heavy atom. The minimum absolute atomic E-state index is 0.131. The molecule has 2 heteroatoms. The average molecular weight is 159 g/mol. The summed E-state index contributed by atoms with van der Waals surface area (Å²) in [5, 5.41) is 12.6. The lowest BCUT2D eigenvalue weighted by Gasteiger charge is -2.33. The number of hydrogen-bond donors (Lipinski definition) is 2. The molecular weight excluding hydrogens is 138 g/mol. The lowest BCUT2D eigenvalue weighted by molar-refractivity contribution is 0.0760. The van der Waals surface area contributed by atoms with Crippen LogP contribution < -0.4 is 5.32 Å². The highest BCUT2D eigenvalue weighted by molar-refractivity contribution is 4.87. The molecule has 0 amide bonds. The number of hydrogen-bond acceptors (Lipinski definition) is 2. The zero-order chi connectivity index (χ0) is 9.07. The van der Waals surface area contributed by atoms with E-state index < -0.39 is 0 Å². The van der Waals surface area contributed by atoms with Crippen LogP contribution in [0.4, 0.5) is 0 Å². The number of nitrogens with one attached hydrogen (secondary N) is 1. The fourth-order valence-corrected chi connectivity index (χ4v) is 1.33. The van der Waals surface area contributed by atoms with Crippen molar-refractivity contribution >= 4 is 0 Å². The number of rotatable bonds is 4. The van der Waals surface area contributed by atoms with Crippen LogP contribution >= 0.6 is 0 Å². The molecule has 68 valence electrons. The monoisotopic (exact) mass is 159 g/mol.